The molecule has 0 aliphatic rings. The van der Waals surface area contributed by atoms with Crippen molar-refractivity contribution in [1.29, 1.82) is 0 Å². The molecule has 1 heterocycles. The average Bonchev–Trinajstić information content (AvgIpc) is 2.79. The summed E-state index contributed by atoms with van der Waals surface area (Å²) in [6.45, 7) is 0.662. The molecule has 0 amide bonds. The standard InChI is InChI=1S/C10H11N3OS/c1-2-4-9(5-3-1)14-6-7-15-10-11-8-12-13-10/h1-5,8H,6-7H2,(H,11,12,13). The second-order valence-electron chi connectivity index (χ2n) is 2.80. The number of hydrogen-bond donors (Lipinski definition) is 1. The van der Waals surface area contributed by atoms with Gasteiger partial charge >= 0.3 is 0 Å². The normalized spacial score (nSPS) is 10.1. The minimum atomic E-state index is 0.662. The number of aromatic nitrogens is 3. The molecule has 0 aliphatic heterocycles. The maximum atomic E-state index is 5.52. The van der Waals surface area contributed by atoms with Gasteiger partial charge in [0, 0.05) is 5.75 Å². The number of para-hydroxylation sites is 1. The minimum absolute atomic E-state index is 0.662. The van der Waals surface area contributed by atoms with Crippen molar-refractivity contribution in [3.63, 3.8) is 0 Å². The van der Waals surface area contributed by atoms with Crippen LogP contribution < -0.4 is 4.74 Å². The first-order valence-electron chi connectivity index (χ1n) is 4.61. The van der Waals surface area contributed by atoms with Gasteiger partial charge in [-0.2, -0.15) is 5.10 Å². The number of nitrogens with zero attached hydrogens (tertiary/aromatic N) is 2. The molecule has 0 unspecified atom stereocenters. The number of rotatable bonds is 5. The number of thioether (sulfide) groups is 1. The van der Waals surface area contributed by atoms with E-state index in [1.54, 1.807) is 11.8 Å². The molecule has 0 spiro atoms. The summed E-state index contributed by atoms with van der Waals surface area (Å²) in [6, 6.07) is 9.77. The summed E-state index contributed by atoms with van der Waals surface area (Å²) < 4.78 is 5.52. The van der Waals surface area contributed by atoms with E-state index in [-0.39, 0.29) is 0 Å². The lowest BCUT2D eigenvalue weighted by Crippen LogP contribution is -1.99. The van der Waals surface area contributed by atoms with Crippen molar-refractivity contribution in [3.05, 3.63) is 36.7 Å². The van der Waals surface area contributed by atoms with Gasteiger partial charge in [0.2, 0.25) is 0 Å². The number of aromatic amines is 1. The van der Waals surface area contributed by atoms with Crippen LogP contribution in [0.5, 0.6) is 5.75 Å². The highest BCUT2D eigenvalue weighted by atomic mass is 32.2. The molecule has 0 aliphatic carbocycles. The Morgan fingerprint density at radius 2 is 2.13 bits per heavy atom. The molecule has 1 aromatic carbocycles. The van der Waals surface area contributed by atoms with Crippen molar-refractivity contribution < 1.29 is 4.74 Å². The monoisotopic (exact) mass is 221 g/mol. The SMILES string of the molecule is c1ccc(OCCSc2ncn[nH]2)cc1. The van der Waals surface area contributed by atoms with E-state index in [2.05, 4.69) is 15.2 Å². The van der Waals surface area contributed by atoms with E-state index < -0.39 is 0 Å². The third-order valence-corrected chi connectivity index (χ3v) is 2.57. The highest BCUT2D eigenvalue weighted by Gasteiger charge is 1.96. The van der Waals surface area contributed by atoms with Gasteiger partial charge < -0.3 is 4.74 Å². The number of H-pyrrole nitrogens is 1. The maximum Gasteiger partial charge on any atom is 0.183 e. The molecule has 78 valence electrons. The first-order valence-corrected chi connectivity index (χ1v) is 5.60. The van der Waals surface area contributed by atoms with Crippen LogP contribution in [0.25, 0.3) is 0 Å². The molecule has 0 saturated carbocycles. The van der Waals surface area contributed by atoms with Crippen LogP contribution in [0, 0.1) is 0 Å². The Balaban J connectivity index is 1.68. The molecular formula is C10H11N3OS. The van der Waals surface area contributed by atoms with E-state index in [1.807, 2.05) is 30.3 Å². The van der Waals surface area contributed by atoms with E-state index in [0.717, 1.165) is 16.7 Å². The zero-order valence-electron chi connectivity index (χ0n) is 8.09. The second-order valence-corrected chi connectivity index (χ2v) is 3.88. The Morgan fingerprint density at radius 1 is 1.27 bits per heavy atom. The van der Waals surface area contributed by atoms with Crippen LogP contribution in [0.4, 0.5) is 0 Å². The number of nitrogens with one attached hydrogen (secondary N) is 1. The molecule has 0 bridgehead atoms. The van der Waals surface area contributed by atoms with Crippen LogP contribution in [0.15, 0.2) is 41.8 Å². The Hall–Kier alpha value is -1.49. The van der Waals surface area contributed by atoms with Gasteiger partial charge in [0.1, 0.15) is 12.1 Å². The molecular weight excluding hydrogens is 210 g/mol. The van der Waals surface area contributed by atoms with E-state index in [9.17, 15) is 0 Å². The Bertz CT molecular complexity index is 377. The van der Waals surface area contributed by atoms with E-state index in [0.29, 0.717) is 6.61 Å². The summed E-state index contributed by atoms with van der Waals surface area (Å²) in [5.74, 6) is 1.75. The van der Waals surface area contributed by atoms with Gasteiger partial charge in [0.15, 0.2) is 5.16 Å². The van der Waals surface area contributed by atoms with Gasteiger partial charge in [0.25, 0.3) is 0 Å². The predicted molar refractivity (Wildman–Crippen MR) is 59.0 cm³/mol. The lowest BCUT2D eigenvalue weighted by molar-refractivity contribution is 0.344. The highest BCUT2D eigenvalue weighted by Crippen LogP contribution is 2.12. The average molecular weight is 221 g/mol. The van der Waals surface area contributed by atoms with Crippen LogP contribution in [0.1, 0.15) is 0 Å². The van der Waals surface area contributed by atoms with Gasteiger partial charge in [-0.15, -0.1) is 0 Å². The fourth-order valence-corrected chi connectivity index (χ4v) is 1.68. The Kier molecular flexibility index (Phi) is 3.62. The molecule has 0 saturated heterocycles. The highest BCUT2D eigenvalue weighted by molar-refractivity contribution is 7.99. The number of ether oxygens (including phenoxy) is 1. The fraction of sp³-hybridized carbons (Fsp3) is 0.200. The molecule has 2 rings (SSSR count). The second kappa shape index (κ2) is 5.41. The van der Waals surface area contributed by atoms with Crippen LogP contribution in [-0.2, 0) is 0 Å². The summed E-state index contributed by atoms with van der Waals surface area (Å²) >= 11 is 1.59. The van der Waals surface area contributed by atoms with Gasteiger partial charge in [0.05, 0.1) is 6.61 Å². The number of benzene rings is 1. The van der Waals surface area contributed by atoms with Crippen LogP contribution in [0.3, 0.4) is 0 Å². The summed E-state index contributed by atoms with van der Waals surface area (Å²) in [7, 11) is 0. The van der Waals surface area contributed by atoms with Gasteiger partial charge in [-0.05, 0) is 12.1 Å². The third-order valence-electron chi connectivity index (χ3n) is 1.73. The van der Waals surface area contributed by atoms with Crippen molar-refractivity contribution in [2.45, 2.75) is 5.16 Å². The van der Waals surface area contributed by atoms with Crippen molar-refractivity contribution in [1.82, 2.24) is 15.2 Å². The van der Waals surface area contributed by atoms with Gasteiger partial charge in [-0.1, -0.05) is 30.0 Å². The Labute approximate surface area is 92.1 Å². The zero-order valence-corrected chi connectivity index (χ0v) is 8.91. The summed E-state index contributed by atoms with van der Waals surface area (Å²) in [5.41, 5.74) is 0. The summed E-state index contributed by atoms with van der Waals surface area (Å²) in [6.07, 6.45) is 1.50. The van der Waals surface area contributed by atoms with Crippen molar-refractivity contribution in [2.24, 2.45) is 0 Å². The molecule has 15 heavy (non-hydrogen) atoms. The Morgan fingerprint density at radius 3 is 2.87 bits per heavy atom. The first-order chi connectivity index (χ1) is 7.45. The van der Waals surface area contributed by atoms with Crippen molar-refractivity contribution >= 4 is 11.8 Å². The minimum Gasteiger partial charge on any atom is -0.493 e. The lowest BCUT2D eigenvalue weighted by atomic mass is 10.3. The molecule has 0 atom stereocenters. The van der Waals surface area contributed by atoms with Crippen molar-refractivity contribution in [3.8, 4) is 5.75 Å². The quantitative estimate of drug-likeness (QED) is 0.619. The molecule has 1 N–H and O–H groups in total. The lowest BCUT2D eigenvalue weighted by Gasteiger charge is -2.03. The van der Waals surface area contributed by atoms with Crippen LogP contribution >= 0.6 is 11.8 Å². The van der Waals surface area contributed by atoms with Crippen LogP contribution in [0.2, 0.25) is 0 Å². The fourth-order valence-electron chi connectivity index (χ4n) is 1.08. The van der Waals surface area contributed by atoms with E-state index in [1.165, 1.54) is 6.33 Å². The van der Waals surface area contributed by atoms with Gasteiger partial charge in [-0.3, -0.25) is 5.10 Å². The molecule has 5 heteroatoms. The van der Waals surface area contributed by atoms with E-state index in [4.69, 9.17) is 4.74 Å². The maximum absolute atomic E-state index is 5.52. The zero-order chi connectivity index (χ0) is 10.3. The first kappa shape index (κ1) is 10.0. The van der Waals surface area contributed by atoms with Crippen LogP contribution in [-0.4, -0.2) is 27.5 Å². The molecule has 4 nitrogen and oxygen atoms in total. The predicted octanol–water partition coefficient (Wildman–Crippen LogP) is 1.98. The largest absolute Gasteiger partial charge is 0.493 e. The summed E-state index contributed by atoms with van der Waals surface area (Å²) in [4.78, 5) is 4.00. The van der Waals surface area contributed by atoms with E-state index >= 15 is 0 Å². The van der Waals surface area contributed by atoms with Gasteiger partial charge in [-0.25, -0.2) is 4.98 Å². The molecule has 0 radical (unpaired) electrons. The molecule has 1 aromatic heterocycles. The topological polar surface area (TPSA) is 50.8 Å². The number of hydrogen-bond acceptors (Lipinski definition) is 4. The van der Waals surface area contributed by atoms with Crippen molar-refractivity contribution in [2.75, 3.05) is 12.4 Å². The molecule has 0 fully saturated rings. The molecule has 2 aromatic rings. The smallest absolute Gasteiger partial charge is 0.183 e. The third kappa shape index (κ3) is 3.28. The summed E-state index contributed by atoms with van der Waals surface area (Å²) in [5, 5.41) is 7.37.